The third-order valence-corrected chi connectivity index (χ3v) is 5.80. The summed E-state index contributed by atoms with van der Waals surface area (Å²) in [6, 6.07) is 20.5. The summed E-state index contributed by atoms with van der Waals surface area (Å²) in [5.74, 6) is 0.615. The summed E-state index contributed by atoms with van der Waals surface area (Å²) in [7, 11) is 0. The molecule has 8 heteroatoms. The van der Waals surface area contributed by atoms with Crippen LogP contribution in [0.15, 0.2) is 73.3 Å². The van der Waals surface area contributed by atoms with Crippen molar-refractivity contribution in [3.63, 3.8) is 0 Å². The Hall–Kier alpha value is -3.33. The number of hydrogen-bond acceptors (Lipinski definition) is 7. The first kappa shape index (κ1) is 20.6. The van der Waals surface area contributed by atoms with Crippen LogP contribution in [0.5, 0.6) is 0 Å². The first-order chi connectivity index (χ1) is 15.7. The van der Waals surface area contributed by atoms with Crippen molar-refractivity contribution in [1.29, 1.82) is 0 Å². The van der Waals surface area contributed by atoms with E-state index in [-0.39, 0.29) is 12.6 Å². The Morgan fingerprint density at radius 3 is 2.50 bits per heavy atom. The predicted molar refractivity (Wildman–Crippen MR) is 120 cm³/mol. The number of aliphatic hydroxyl groups excluding tert-OH is 2. The molecule has 8 nitrogen and oxygen atoms in total. The molecule has 1 unspecified atom stereocenters. The number of imidazole rings is 1. The van der Waals surface area contributed by atoms with Gasteiger partial charge in [0.25, 0.3) is 0 Å². The van der Waals surface area contributed by atoms with Crippen molar-refractivity contribution in [2.75, 3.05) is 11.9 Å². The Bertz CT molecular complexity index is 1170. The van der Waals surface area contributed by atoms with Crippen molar-refractivity contribution in [3.8, 4) is 0 Å². The quantitative estimate of drug-likeness (QED) is 0.413. The number of fused-ring (bicyclic) bond motifs is 1. The molecule has 3 heterocycles. The molecule has 0 aliphatic carbocycles. The lowest BCUT2D eigenvalue weighted by atomic mass is 9.99. The summed E-state index contributed by atoms with van der Waals surface area (Å²) in [4.78, 5) is 13.4. The third-order valence-electron chi connectivity index (χ3n) is 5.80. The maximum Gasteiger partial charge on any atom is 0.167 e. The van der Waals surface area contributed by atoms with Gasteiger partial charge in [-0.25, -0.2) is 15.0 Å². The first-order valence-corrected chi connectivity index (χ1v) is 10.7. The number of anilines is 1. The van der Waals surface area contributed by atoms with Crippen molar-refractivity contribution in [2.45, 2.75) is 37.3 Å². The summed E-state index contributed by atoms with van der Waals surface area (Å²) in [5, 5.41) is 23.3. The molecule has 164 valence electrons. The van der Waals surface area contributed by atoms with E-state index in [0.717, 1.165) is 12.0 Å². The maximum absolute atomic E-state index is 10.4. The van der Waals surface area contributed by atoms with Crippen molar-refractivity contribution in [1.82, 2.24) is 19.5 Å². The molecule has 0 spiro atoms. The highest BCUT2D eigenvalue weighted by Gasteiger charge is 2.36. The minimum Gasteiger partial charge on any atom is -0.394 e. The smallest absolute Gasteiger partial charge is 0.167 e. The fourth-order valence-corrected chi connectivity index (χ4v) is 4.19. The van der Waals surface area contributed by atoms with Crippen LogP contribution in [0, 0.1) is 0 Å². The number of nitrogens with zero attached hydrogens (tertiary/aromatic N) is 4. The Morgan fingerprint density at radius 2 is 1.78 bits per heavy atom. The zero-order chi connectivity index (χ0) is 21.9. The van der Waals surface area contributed by atoms with Crippen LogP contribution < -0.4 is 5.32 Å². The molecular weight excluding hydrogens is 406 g/mol. The van der Waals surface area contributed by atoms with Crippen LogP contribution in [0.25, 0.3) is 11.2 Å². The molecule has 0 amide bonds. The summed E-state index contributed by atoms with van der Waals surface area (Å²) in [5.41, 5.74) is 3.52. The van der Waals surface area contributed by atoms with Gasteiger partial charge in [0.05, 0.1) is 25.1 Å². The van der Waals surface area contributed by atoms with E-state index in [1.54, 1.807) is 10.9 Å². The van der Waals surface area contributed by atoms with Gasteiger partial charge in [-0.2, -0.15) is 0 Å². The normalized spacial score (nSPS) is 21.6. The van der Waals surface area contributed by atoms with Gasteiger partial charge in [-0.15, -0.1) is 0 Å². The number of aliphatic hydroxyl groups is 2. The Morgan fingerprint density at radius 1 is 1.03 bits per heavy atom. The van der Waals surface area contributed by atoms with Crippen molar-refractivity contribution in [2.24, 2.45) is 0 Å². The molecule has 1 saturated heterocycles. The average molecular weight is 431 g/mol. The summed E-state index contributed by atoms with van der Waals surface area (Å²) in [6.45, 7) is -0.139. The molecule has 2 aromatic heterocycles. The van der Waals surface area contributed by atoms with E-state index in [4.69, 9.17) is 4.74 Å². The van der Waals surface area contributed by atoms with Crippen LogP contribution in [0.4, 0.5) is 5.82 Å². The standard InChI is InChI=1S/C24H25N5O3/c30-13-18-12-20(31)24(32-18)29-15-27-21-22(25-14-26-23(21)29)28-19(17-9-5-2-6-10-17)11-16-7-3-1-4-8-16/h1-10,14-15,18-20,24,30-31H,11-13H2,(H,25,26,28)/t18-,19-,20?,24+/m0/s1. The SMILES string of the molecule is OC[C@@H]1CC(O)[C@H](n2cnc3c(N[C@@H](Cc4ccccc4)c4ccccc4)ncnc32)O1. The van der Waals surface area contributed by atoms with Gasteiger partial charge < -0.3 is 20.3 Å². The molecule has 1 aliphatic heterocycles. The second kappa shape index (κ2) is 9.04. The number of aromatic nitrogens is 4. The van der Waals surface area contributed by atoms with Gasteiger partial charge in [-0.05, 0) is 17.5 Å². The minimum absolute atomic E-state index is 0.0195. The van der Waals surface area contributed by atoms with Crippen LogP contribution in [-0.4, -0.2) is 48.5 Å². The monoisotopic (exact) mass is 431 g/mol. The number of nitrogens with one attached hydrogen (secondary N) is 1. The Kier molecular flexibility index (Phi) is 5.81. The number of benzene rings is 2. The van der Waals surface area contributed by atoms with E-state index >= 15 is 0 Å². The van der Waals surface area contributed by atoms with E-state index in [1.807, 2.05) is 36.4 Å². The highest BCUT2D eigenvalue weighted by Crippen LogP contribution is 2.32. The van der Waals surface area contributed by atoms with E-state index in [2.05, 4.69) is 44.5 Å². The molecule has 2 aromatic carbocycles. The number of hydrogen-bond donors (Lipinski definition) is 3. The lowest BCUT2D eigenvalue weighted by Gasteiger charge is -2.20. The van der Waals surface area contributed by atoms with Gasteiger partial charge in [0.2, 0.25) is 0 Å². The molecule has 4 atom stereocenters. The molecular formula is C24H25N5O3. The topological polar surface area (TPSA) is 105 Å². The molecule has 1 aliphatic rings. The highest BCUT2D eigenvalue weighted by molar-refractivity contribution is 5.83. The Balaban J connectivity index is 1.47. The van der Waals surface area contributed by atoms with E-state index in [9.17, 15) is 10.2 Å². The molecule has 3 N–H and O–H groups in total. The average Bonchev–Trinajstić information content (AvgIpc) is 3.43. The fraction of sp³-hybridized carbons (Fsp3) is 0.292. The minimum atomic E-state index is -0.744. The molecule has 4 aromatic rings. The van der Waals surface area contributed by atoms with Gasteiger partial charge in [0.1, 0.15) is 12.4 Å². The molecule has 0 radical (unpaired) electrons. The van der Waals surface area contributed by atoms with Crippen LogP contribution in [-0.2, 0) is 11.2 Å². The summed E-state index contributed by atoms with van der Waals surface area (Å²) < 4.78 is 7.49. The van der Waals surface area contributed by atoms with Crippen LogP contribution in [0.1, 0.15) is 29.8 Å². The fourth-order valence-electron chi connectivity index (χ4n) is 4.19. The summed E-state index contributed by atoms with van der Waals surface area (Å²) in [6.07, 6.45) is 2.44. The zero-order valence-electron chi connectivity index (χ0n) is 17.5. The van der Waals surface area contributed by atoms with Gasteiger partial charge in [0.15, 0.2) is 23.2 Å². The molecule has 0 bridgehead atoms. The number of rotatable bonds is 7. The van der Waals surface area contributed by atoms with Crippen molar-refractivity contribution in [3.05, 3.63) is 84.4 Å². The van der Waals surface area contributed by atoms with Gasteiger partial charge in [-0.1, -0.05) is 60.7 Å². The van der Waals surface area contributed by atoms with Gasteiger partial charge in [-0.3, -0.25) is 4.57 Å². The van der Waals surface area contributed by atoms with Gasteiger partial charge >= 0.3 is 0 Å². The van der Waals surface area contributed by atoms with Crippen molar-refractivity contribution >= 4 is 17.0 Å². The van der Waals surface area contributed by atoms with E-state index in [1.165, 1.54) is 11.9 Å². The lowest BCUT2D eigenvalue weighted by Crippen LogP contribution is -2.19. The first-order valence-electron chi connectivity index (χ1n) is 10.7. The molecule has 32 heavy (non-hydrogen) atoms. The summed E-state index contributed by atoms with van der Waals surface area (Å²) >= 11 is 0. The maximum atomic E-state index is 10.4. The van der Waals surface area contributed by atoms with Crippen LogP contribution in [0.2, 0.25) is 0 Å². The predicted octanol–water partition coefficient (Wildman–Crippen LogP) is 2.86. The largest absolute Gasteiger partial charge is 0.394 e. The van der Waals surface area contributed by atoms with Gasteiger partial charge in [0, 0.05) is 6.42 Å². The lowest BCUT2D eigenvalue weighted by molar-refractivity contribution is -0.0486. The second-order valence-electron chi connectivity index (χ2n) is 7.98. The van der Waals surface area contributed by atoms with Crippen molar-refractivity contribution < 1.29 is 14.9 Å². The van der Waals surface area contributed by atoms with E-state index < -0.39 is 18.4 Å². The van der Waals surface area contributed by atoms with E-state index in [0.29, 0.717) is 23.4 Å². The second-order valence-corrected chi connectivity index (χ2v) is 7.98. The molecule has 1 fully saturated rings. The zero-order valence-corrected chi connectivity index (χ0v) is 17.5. The van der Waals surface area contributed by atoms with Crippen LogP contribution >= 0.6 is 0 Å². The third kappa shape index (κ3) is 4.08. The molecule has 0 saturated carbocycles. The Labute approximate surface area is 185 Å². The number of ether oxygens (including phenoxy) is 1. The van der Waals surface area contributed by atoms with Crippen LogP contribution in [0.3, 0.4) is 0 Å². The highest BCUT2D eigenvalue weighted by atomic mass is 16.5. The molecule has 5 rings (SSSR count).